The molecule has 182 valence electrons. The van der Waals surface area contributed by atoms with E-state index >= 15 is 0 Å². The number of rotatable bonds is 9. The van der Waals surface area contributed by atoms with Crippen LogP contribution in [0.3, 0.4) is 0 Å². The third kappa shape index (κ3) is 5.63. The number of anilines is 2. The summed E-state index contributed by atoms with van der Waals surface area (Å²) in [5.41, 5.74) is 2.88. The summed E-state index contributed by atoms with van der Waals surface area (Å²) in [7, 11) is 5.39. The van der Waals surface area contributed by atoms with E-state index in [1.807, 2.05) is 29.8 Å². The lowest BCUT2D eigenvalue weighted by atomic mass is 10.2. The first-order valence-electron chi connectivity index (χ1n) is 11.3. The molecule has 2 amide bonds. The minimum Gasteiger partial charge on any atom is -0.484 e. The summed E-state index contributed by atoms with van der Waals surface area (Å²) in [6.45, 7) is 2.78. The van der Waals surface area contributed by atoms with Gasteiger partial charge in [-0.05, 0) is 42.1 Å². The first-order valence-corrected chi connectivity index (χ1v) is 12.2. The topological polar surface area (TPSA) is 79.2 Å². The summed E-state index contributed by atoms with van der Waals surface area (Å²) in [6.07, 6.45) is 2.61. The number of fused-ring (bicyclic) bond motifs is 1. The number of amides is 2. The smallest absolute Gasteiger partial charge is 0.259 e. The number of aryl methyl sites for hydroxylation is 1. The largest absolute Gasteiger partial charge is 0.484 e. The predicted octanol–water partition coefficient (Wildman–Crippen LogP) is 4.31. The molecule has 0 aliphatic heterocycles. The van der Waals surface area contributed by atoms with Crippen LogP contribution in [0.1, 0.15) is 27.9 Å². The number of thiophene rings is 1. The van der Waals surface area contributed by atoms with Crippen LogP contribution in [0.2, 0.25) is 0 Å². The van der Waals surface area contributed by atoms with Gasteiger partial charge in [0.1, 0.15) is 17.2 Å². The number of nitrogens with one attached hydrogen (secondary N) is 1. The number of imidazole rings is 1. The highest BCUT2D eigenvalue weighted by atomic mass is 32.1. The van der Waals surface area contributed by atoms with Crippen molar-refractivity contribution in [2.75, 3.05) is 38.0 Å². The molecule has 0 atom stereocenters. The van der Waals surface area contributed by atoms with Gasteiger partial charge in [-0.2, -0.15) is 0 Å². The van der Waals surface area contributed by atoms with Gasteiger partial charge < -0.3 is 19.9 Å². The van der Waals surface area contributed by atoms with Crippen molar-refractivity contribution >= 4 is 40.3 Å². The summed E-state index contributed by atoms with van der Waals surface area (Å²) >= 11 is 1.72. The van der Waals surface area contributed by atoms with Crippen LogP contribution in [-0.2, 0) is 17.8 Å². The molecule has 35 heavy (non-hydrogen) atoms. The zero-order chi connectivity index (χ0) is 24.9. The Morgan fingerprint density at radius 3 is 2.66 bits per heavy atom. The molecule has 1 aromatic carbocycles. The van der Waals surface area contributed by atoms with Crippen LogP contribution in [0, 0.1) is 0 Å². The molecule has 0 fully saturated rings. The molecule has 0 aliphatic carbocycles. The minimum absolute atomic E-state index is 0.0662. The Balaban J connectivity index is 1.54. The third-order valence-electron chi connectivity index (χ3n) is 5.55. The number of likely N-dealkylation sites (N-methyl/N-ethyl adjacent to an activating group) is 1. The fourth-order valence-corrected chi connectivity index (χ4v) is 4.47. The van der Waals surface area contributed by atoms with Crippen molar-refractivity contribution < 1.29 is 14.3 Å². The van der Waals surface area contributed by atoms with Gasteiger partial charge in [0, 0.05) is 44.0 Å². The summed E-state index contributed by atoms with van der Waals surface area (Å²) in [4.78, 5) is 34.5. The number of hydrogen-bond acceptors (Lipinski definition) is 6. The number of hydrogen-bond donors (Lipinski definition) is 1. The normalized spacial score (nSPS) is 10.9. The molecule has 0 spiro atoms. The number of carbonyl (C=O) groups excluding carboxylic acids is 2. The van der Waals surface area contributed by atoms with E-state index in [4.69, 9.17) is 9.72 Å². The van der Waals surface area contributed by atoms with Crippen molar-refractivity contribution in [1.82, 2.24) is 14.3 Å². The van der Waals surface area contributed by atoms with Crippen molar-refractivity contribution in [3.05, 3.63) is 76.2 Å². The van der Waals surface area contributed by atoms with E-state index in [0.717, 1.165) is 30.1 Å². The molecule has 0 radical (unpaired) electrons. The monoisotopic (exact) mass is 491 g/mol. The number of ether oxygens (including phenoxy) is 1. The number of carbonyl (C=O) groups is 2. The standard InChI is InChI=1S/C26H29N5O3S/c1-5-22-26(30(4)16-21-10-7-13-35-21)31-15-18(11-12-23(31)28-22)25(33)27-19-8-6-9-20(14-19)34-17-24(32)29(2)3/h6-15H,5,16-17H2,1-4H3,(H,27,33). The first-order chi connectivity index (χ1) is 16.9. The maximum Gasteiger partial charge on any atom is 0.259 e. The maximum absolute atomic E-state index is 13.1. The van der Waals surface area contributed by atoms with E-state index in [0.29, 0.717) is 17.0 Å². The molecular weight excluding hydrogens is 462 g/mol. The van der Waals surface area contributed by atoms with Gasteiger partial charge >= 0.3 is 0 Å². The molecule has 4 rings (SSSR count). The number of pyridine rings is 1. The Labute approximate surface area is 208 Å². The van der Waals surface area contributed by atoms with E-state index in [2.05, 4.69) is 28.6 Å². The van der Waals surface area contributed by atoms with Crippen molar-refractivity contribution in [2.24, 2.45) is 0 Å². The molecule has 9 heteroatoms. The van der Waals surface area contributed by atoms with Crippen molar-refractivity contribution in [2.45, 2.75) is 19.9 Å². The Bertz CT molecular complexity index is 1330. The fourth-order valence-electron chi connectivity index (χ4n) is 3.71. The molecule has 3 heterocycles. The van der Waals surface area contributed by atoms with Gasteiger partial charge in [0.05, 0.1) is 17.8 Å². The van der Waals surface area contributed by atoms with Crippen LogP contribution in [0.4, 0.5) is 11.5 Å². The van der Waals surface area contributed by atoms with Crippen LogP contribution >= 0.6 is 11.3 Å². The summed E-state index contributed by atoms with van der Waals surface area (Å²) in [5.74, 6) is 1.10. The molecule has 0 saturated heterocycles. The summed E-state index contributed by atoms with van der Waals surface area (Å²) in [6, 6.07) is 14.8. The first kappa shape index (κ1) is 24.3. The average molecular weight is 492 g/mol. The highest BCUT2D eigenvalue weighted by molar-refractivity contribution is 7.09. The minimum atomic E-state index is -0.243. The van der Waals surface area contributed by atoms with Gasteiger partial charge in [0.25, 0.3) is 11.8 Å². The van der Waals surface area contributed by atoms with Crippen LogP contribution in [0.15, 0.2) is 60.1 Å². The molecule has 0 aliphatic rings. The highest BCUT2D eigenvalue weighted by Crippen LogP contribution is 2.26. The molecule has 4 aromatic rings. The molecular formula is C26H29N5O3S. The zero-order valence-electron chi connectivity index (χ0n) is 20.3. The maximum atomic E-state index is 13.1. The van der Waals surface area contributed by atoms with Gasteiger partial charge in [0.15, 0.2) is 6.61 Å². The van der Waals surface area contributed by atoms with Crippen LogP contribution in [-0.4, -0.2) is 53.8 Å². The lowest BCUT2D eigenvalue weighted by Crippen LogP contribution is -2.27. The number of benzene rings is 1. The lowest BCUT2D eigenvalue weighted by Gasteiger charge is -2.19. The molecule has 0 saturated carbocycles. The van der Waals surface area contributed by atoms with Gasteiger partial charge in [-0.25, -0.2) is 4.98 Å². The second-order valence-corrected chi connectivity index (χ2v) is 9.41. The SMILES string of the molecule is CCc1nc2ccc(C(=O)Nc3cccc(OCC(=O)N(C)C)c3)cn2c1N(C)Cc1cccs1. The van der Waals surface area contributed by atoms with Crippen LogP contribution in [0.5, 0.6) is 5.75 Å². The fraction of sp³-hybridized carbons (Fsp3) is 0.269. The van der Waals surface area contributed by atoms with Crippen molar-refractivity contribution in [3.8, 4) is 5.75 Å². The van der Waals surface area contributed by atoms with Gasteiger partial charge in [-0.15, -0.1) is 11.3 Å². The van der Waals surface area contributed by atoms with Gasteiger partial charge in [0.2, 0.25) is 0 Å². The summed E-state index contributed by atoms with van der Waals surface area (Å²) in [5, 5.41) is 4.99. The van der Waals surface area contributed by atoms with E-state index in [1.54, 1.807) is 55.8 Å². The van der Waals surface area contributed by atoms with Gasteiger partial charge in [-0.1, -0.05) is 19.1 Å². The Kier molecular flexibility index (Phi) is 7.36. The Morgan fingerprint density at radius 2 is 1.94 bits per heavy atom. The second-order valence-electron chi connectivity index (χ2n) is 8.38. The third-order valence-corrected chi connectivity index (χ3v) is 6.41. The molecule has 0 unspecified atom stereocenters. The average Bonchev–Trinajstić information content (AvgIpc) is 3.49. The van der Waals surface area contributed by atoms with E-state index in [9.17, 15) is 9.59 Å². The number of aromatic nitrogens is 2. The van der Waals surface area contributed by atoms with E-state index in [-0.39, 0.29) is 18.4 Å². The number of nitrogens with zero attached hydrogens (tertiary/aromatic N) is 4. The lowest BCUT2D eigenvalue weighted by molar-refractivity contribution is -0.130. The highest BCUT2D eigenvalue weighted by Gasteiger charge is 2.17. The van der Waals surface area contributed by atoms with Gasteiger partial charge in [-0.3, -0.25) is 14.0 Å². The molecule has 3 aromatic heterocycles. The molecule has 8 nitrogen and oxygen atoms in total. The van der Waals surface area contributed by atoms with E-state index in [1.165, 1.54) is 9.78 Å². The molecule has 1 N–H and O–H groups in total. The van der Waals surface area contributed by atoms with E-state index < -0.39 is 0 Å². The van der Waals surface area contributed by atoms with Crippen molar-refractivity contribution in [3.63, 3.8) is 0 Å². The second kappa shape index (κ2) is 10.6. The predicted molar refractivity (Wildman–Crippen MR) is 140 cm³/mol. The quantitative estimate of drug-likeness (QED) is 0.377. The Hall–Kier alpha value is -3.85. The van der Waals surface area contributed by atoms with Crippen LogP contribution < -0.4 is 15.0 Å². The Morgan fingerprint density at radius 1 is 1.11 bits per heavy atom. The van der Waals surface area contributed by atoms with Crippen LogP contribution in [0.25, 0.3) is 5.65 Å². The zero-order valence-corrected chi connectivity index (χ0v) is 21.1. The van der Waals surface area contributed by atoms with Crippen molar-refractivity contribution in [1.29, 1.82) is 0 Å². The summed E-state index contributed by atoms with van der Waals surface area (Å²) < 4.78 is 7.54. The molecule has 0 bridgehead atoms.